The van der Waals surface area contributed by atoms with Crippen molar-refractivity contribution >= 4 is 28.6 Å². The van der Waals surface area contributed by atoms with Crippen LogP contribution < -0.4 is 5.32 Å². The average molecular weight is 284 g/mol. The quantitative estimate of drug-likeness (QED) is 0.814. The van der Waals surface area contributed by atoms with Crippen molar-refractivity contribution in [1.82, 2.24) is 10.3 Å². The fourth-order valence-electron chi connectivity index (χ4n) is 2.50. The van der Waals surface area contributed by atoms with Gasteiger partial charge in [-0.1, -0.05) is 18.2 Å². The molecule has 2 amide bonds. The molecule has 0 bridgehead atoms. The molecule has 1 fully saturated rings. The van der Waals surface area contributed by atoms with E-state index in [0.717, 1.165) is 10.9 Å². The Morgan fingerprint density at radius 1 is 1.24 bits per heavy atom. The lowest BCUT2D eigenvalue weighted by Crippen LogP contribution is -2.39. The number of benzene rings is 1. The fraction of sp³-hybridized carbons (Fsp3) is 0.200. The number of piperidine rings is 1. The van der Waals surface area contributed by atoms with Crippen molar-refractivity contribution in [2.24, 2.45) is 0 Å². The second-order valence-corrected chi connectivity index (χ2v) is 4.98. The minimum absolute atomic E-state index is 0.0390. The second kappa shape index (κ2) is 4.97. The molecule has 106 valence electrons. The Morgan fingerprint density at radius 2 is 2.05 bits per heavy atom. The highest BCUT2D eigenvalue weighted by Gasteiger charge is 2.27. The lowest BCUT2D eigenvalue weighted by molar-refractivity contribution is -0.134. The Balaban J connectivity index is 2.01. The molecule has 0 spiro atoms. The number of nitrogens with one attached hydrogen (secondary N) is 1. The summed E-state index contributed by atoms with van der Waals surface area (Å²) in [5.74, 6) is -2.04. The molecule has 1 atom stereocenters. The predicted octanol–water partition coefficient (Wildman–Crippen LogP) is 1.45. The number of pyridine rings is 1. The van der Waals surface area contributed by atoms with Crippen molar-refractivity contribution in [3.8, 4) is 0 Å². The van der Waals surface area contributed by atoms with Crippen LogP contribution in [-0.4, -0.2) is 27.9 Å². The van der Waals surface area contributed by atoms with Crippen molar-refractivity contribution in [2.45, 2.75) is 18.8 Å². The number of carbonyl (C=O) groups is 3. The number of hydrogen-bond donors (Lipinski definition) is 2. The van der Waals surface area contributed by atoms with Gasteiger partial charge in [0.1, 0.15) is 5.69 Å². The number of aromatic carboxylic acids is 1. The van der Waals surface area contributed by atoms with E-state index < -0.39 is 5.97 Å². The van der Waals surface area contributed by atoms with E-state index in [4.69, 9.17) is 5.11 Å². The van der Waals surface area contributed by atoms with E-state index in [1.165, 1.54) is 12.3 Å². The summed E-state index contributed by atoms with van der Waals surface area (Å²) >= 11 is 0. The van der Waals surface area contributed by atoms with Gasteiger partial charge in [0, 0.05) is 18.0 Å². The van der Waals surface area contributed by atoms with Crippen LogP contribution in [0.1, 0.15) is 34.8 Å². The van der Waals surface area contributed by atoms with Gasteiger partial charge >= 0.3 is 5.97 Å². The molecule has 1 aliphatic heterocycles. The van der Waals surface area contributed by atoms with E-state index in [1.807, 2.05) is 6.07 Å². The molecule has 1 aliphatic rings. The maximum Gasteiger partial charge on any atom is 0.354 e. The van der Waals surface area contributed by atoms with Crippen LogP contribution in [0.15, 0.2) is 30.5 Å². The maximum atomic E-state index is 11.9. The zero-order valence-corrected chi connectivity index (χ0v) is 11.0. The van der Waals surface area contributed by atoms with Crippen molar-refractivity contribution in [2.75, 3.05) is 0 Å². The molecule has 1 aromatic carbocycles. The summed E-state index contributed by atoms with van der Waals surface area (Å²) in [6.07, 6.45) is 2.27. The summed E-state index contributed by atoms with van der Waals surface area (Å²) in [5, 5.41) is 12.8. The molecule has 1 unspecified atom stereocenters. The SMILES string of the molecule is O=C1CCC(c2ccc3cnc(C(=O)O)cc3c2)C(=O)N1. The largest absolute Gasteiger partial charge is 0.477 e. The standard InChI is InChI=1S/C15H12N2O4/c18-13-4-3-11(14(19)17-13)8-1-2-9-7-16-12(15(20)21)6-10(9)5-8/h1-2,5-7,11H,3-4H2,(H,20,21)(H,17,18,19). The van der Waals surface area contributed by atoms with Crippen LogP contribution >= 0.6 is 0 Å². The monoisotopic (exact) mass is 284 g/mol. The van der Waals surface area contributed by atoms with E-state index in [9.17, 15) is 14.4 Å². The van der Waals surface area contributed by atoms with Crippen LogP contribution in [0.4, 0.5) is 0 Å². The van der Waals surface area contributed by atoms with Gasteiger partial charge in [-0.3, -0.25) is 14.9 Å². The van der Waals surface area contributed by atoms with E-state index in [1.54, 1.807) is 12.1 Å². The molecule has 0 saturated carbocycles. The van der Waals surface area contributed by atoms with Gasteiger partial charge in [-0.25, -0.2) is 9.78 Å². The summed E-state index contributed by atoms with van der Waals surface area (Å²) in [7, 11) is 0. The molecule has 3 rings (SSSR count). The number of carbonyl (C=O) groups excluding carboxylic acids is 2. The highest BCUT2D eigenvalue weighted by Crippen LogP contribution is 2.27. The average Bonchev–Trinajstić information content (AvgIpc) is 2.46. The summed E-state index contributed by atoms with van der Waals surface area (Å²) in [5.41, 5.74) is 0.734. The molecular formula is C15H12N2O4. The zero-order valence-electron chi connectivity index (χ0n) is 11.0. The van der Waals surface area contributed by atoms with E-state index in [-0.39, 0.29) is 23.4 Å². The topological polar surface area (TPSA) is 96.4 Å². The first kappa shape index (κ1) is 13.2. The molecule has 2 aromatic rings. The van der Waals surface area contributed by atoms with Gasteiger partial charge in [0.2, 0.25) is 11.8 Å². The van der Waals surface area contributed by atoms with E-state index in [2.05, 4.69) is 10.3 Å². The summed E-state index contributed by atoms with van der Waals surface area (Å²) in [4.78, 5) is 37.9. The molecule has 21 heavy (non-hydrogen) atoms. The Morgan fingerprint density at radius 3 is 2.76 bits per heavy atom. The van der Waals surface area contributed by atoms with Gasteiger partial charge in [-0.15, -0.1) is 0 Å². The smallest absolute Gasteiger partial charge is 0.354 e. The Kier molecular flexibility index (Phi) is 3.13. The molecule has 6 nitrogen and oxygen atoms in total. The summed E-state index contributed by atoms with van der Waals surface area (Å²) in [6.45, 7) is 0. The third-order valence-corrected chi connectivity index (χ3v) is 3.61. The van der Waals surface area contributed by atoms with Gasteiger partial charge in [-0.2, -0.15) is 0 Å². The van der Waals surface area contributed by atoms with Crippen molar-refractivity contribution in [1.29, 1.82) is 0 Å². The number of aromatic nitrogens is 1. The Hall–Kier alpha value is -2.76. The van der Waals surface area contributed by atoms with E-state index >= 15 is 0 Å². The molecule has 0 aliphatic carbocycles. The van der Waals surface area contributed by atoms with Gasteiger partial charge in [0.25, 0.3) is 0 Å². The molecule has 6 heteroatoms. The van der Waals surface area contributed by atoms with Crippen molar-refractivity contribution < 1.29 is 19.5 Å². The van der Waals surface area contributed by atoms with E-state index in [0.29, 0.717) is 18.2 Å². The normalized spacial score (nSPS) is 18.6. The van der Waals surface area contributed by atoms with Gasteiger partial charge in [0.05, 0.1) is 5.92 Å². The number of carboxylic acids is 1. The maximum absolute atomic E-state index is 11.9. The van der Waals surface area contributed by atoms with Crippen LogP contribution in [0.5, 0.6) is 0 Å². The van der Waals surface area contributed by atoms with Crippen molar-refractivity contribution in [3.05, 3.63) is 41.7 Å². The molecule has 2 N–H and O–H groups in total. The van der Waals surface area contributed by atoms with Crippen molar-refractivity contribution in [3.63, 3.8) is 0 Å². The summed E-state index contributed by atoms with van der Waals surface area (Å²) in [6, 6.07) is 6.87. The highest BCUT2D eigenvalue weighted by atomic mass is 16.4. The summed E-state index contributed by atoms with van der Waals surface area (Å²) < 4.78 is 0. The van der Waals surface area contributed by atoms with Gasteiger partial charge in [-0.05, 0) is 23.4 Å². The fourth-order valence-corrected chi connectivity index (χ4v) is 2.50. The third-order valence-electron chi connectivity index (χ3n) is 3.61. The second-order valence-electron chi connectivity index (χ2n) is 4.98. The minimum atomic E-state index is -1.09. The highest BCUT2D eigenvalue weighted by molar-refractivity contribution is 6.01. The molecule has 0 radical (unpaired) electrons. The first-order valence-electron chi connectivity index (χ1n) is 6.51. The molecule has 1 saturated heterocycles. The number of hydrogen-bond acceptors (Lipinski definition) is 4. The molecule has 1 aromatic heterocycles. The first-order chi connectivity index (χ1) is 10.0. The van der Waals surface area contributed by atoms with Crippen LogP contribution in [-0.2, 0) is 9.59 Å². The number of carboxylic acid groups (broad SMARTS) is 1. The molecule has 2 heterocycles. The van der Waals surface area contributed by atoms with Gasteiger partial charge in [0.15, 0.2) is 0 Å². The lowest BCUT2D eigenvalue weighted by Gasteiger charge is -2.21. The number of fused-ring (bicyclic) bond motifs is 1. The van der Waals surface area contributed by atoms with Gasteiger partial charge < -0.3 is 5.11 Å². The molecular weight excluding hydrogens is 272 g/mol. The first-order valence-corrected chi connectivity index (χ1v) is 6.51. The van der Waals surface area contributed by atoms with Crippen LogP contribution in [0.3, 0.4) is 0 Å². The predicted molar refractivity (Wildman–Crippen MR) is 73.8 cm³/mol. The Bertz CT molecular complexity index is 769. The van der Waals surface area contributed by atoms with Crippen LogP contribution in [0.2, 0.25) is 0 Å². The third kappa shape index (κ3) is 2.47. The van der Waals surface area contributed by atoms with Crippen LogP contribution in [0, 0.1) is 0 Å². The number of nitrogens with zero attached hydrogens (tertiary/aromatic N) is 1. The van der Waals surface area contributed by atoms with Crippen LogP contribution in [0.25, 0.3) is 10.8 Å². The number of amides is 2. The minimum Gasteiger partial charge on any atom is -0.477 e. The number of rotatable bonds is 2. The lowest BCUT2D eigenvalue weighted by atomic mass is 9.89. The zero-order chi connectivity index (χ0) is 15.0. The number of imide groups is 1. The Labute approximate surface area is 119 Å².